The number of rotatable bonds is 5. The van der Waals surface area contributed by atoms with Gasteiger partial charge in [-0.05, 0) is 80.3 Å². The highest BCUT2D eigenvalue weighted by molar-refractivity contribution is 5.85. The minimum absolute atomic E-state index is 0.105. The van der Waals surface area contributed by atoms with Gasteiger partial charge in [0.15, 0.2) is 0 Å². The Hall–Kier alpha value is -3.64. The second-order valence-electron chi connectivity index (χ2n) is 9.39. The summed E-state index contributed by atoms with van der Waals surface area (Å²) >= 11 is 0. The lowest BCUT2D eigenvalue weighted by atomic mass is 10.0. The molecule has 1 atom stereocenters. The topological polar surface area (TPSA) is 78.6 Å². The van der Waals surface area contributed by atoms with Crippen molar-refractivity contribution in [1.29, 1.82) is 0 Å². The van der Waals surface area contributed by atoms with Crippen LogP contribution in [0.4, 0.5) is 0 Å². The highest BCUT2D eigenvalue weighted by Crippen LogP contribution is 2.31. The van der Waals surface area contributed by atoms with Gasteiger partial charge in [-0.3, -0.25) is 9.36 Å². The molecule has 1 fully saturated rings. The Balaban J connectivity index is 1.64. The zero-order valence-electron chi connectivity index (χ0n) is 19.5. The van der Waals surface area contributed by atoms with E-state index >= 15 is 0 Å². The van der Waals surface area contributed by atoms with Crippen LogP contribution in [-0.2, 0) is 6.54 Å². The van der Waals surface area contributed by atoms with Crippen LogP contribution in [0.2, 0.25) is 0 Å². The predicted molar refractivity (Wildman–Crippen MR) is 135 cm³/mol. The second-order valence-corrected chi connectivity index (χ2v) is 9.39. The summed E-state index contributed by atoms with van der Waals surface area (Å²) in [6.45, 7) is 6.91. The van der Waals surface area contributed by atoms with E-state index in [1.807, 2.05) is 36.4 Å². The molecule has 6 nitrogen and oxygen atoms in total. The Kier molecular flexibility index (Phi) is 5.84. The van der Waals surface area contributed by atoms with E-state index in [0.29, 0.717) is 40.8 Å². The number of hydrogen-bond acceptors (Lipinski definition) is 5. The van der Waals surface area contributed by atoms with Crippen molar-refractivity contribution < 1.29 is 10.2 Å². The van der Waals surface area contributed by atoms with E-state index in [2.05, 4.69) is 18.7 Å². The minimum atomic E-state index is -0.105. The Bertz CT molecular complexity index is 1390. The Morgan fingerprint density at radius 3 is 2.44 bits per heavy atom. The number of phenols is 2. The molecule has 0 bridgehead atoms. The van der Waals surface area contributed by atoms with Crippen molar-refractivity contribution in [1.82, 2.24) is 14.5 Å². The van der Waals surface area contributed by atoms with Crippen LogP contribution in [0.3, 0.4) is 0 Å². The van der Waals surface area contributed by atoms with Gasteiger partial charge < -0.3 is 15.1 Å². The van der Waals surface area contributed by atoms with Crippen LogP contribution in [0.25, 0.3) is 33.4 Å². The van der Waals surface area contributed by atoms with Crippen molar-refractivity contribution in [2.75, 3.05) is 13.1 Å². The van der Waals surface area contributed by atoms with Crippen molar-refractivity contribution in [3.8, 4) is 34.0 Å². The number of likely N-dealkylation sites (tertiary alicyclic amines) is 1. The van der Waals surface area contributed by atoms with Crippen LogP contribution in [0.1, 0.15) is 20.3 Å². The van der Waals surface area contributed by atoms with E-state index < -0.39 is 0 Å². The molecular weight excluding hydrogens is 426 g/mol. The fraction of sp³-hybridized carbons (Fsp3) is 0.286. The number of aromatic nitrogens is 2. The number of benzene rings is 3. The third-order valence-corrected chi connectivity index (χ3v) is 6.79. The molecule has 6 heteroatoms. The van der Waals surface area contributed by atoms with E-state index in [1.165, 1.54) is 0 Å². The number of para-hydroxylation sites is 1. The smallest absolute Gasteiger partial charge is 0.261 e. The van der Waals surface area contributed by atoms with Gasteiger partial charge >= 0.3 is 0 Å². The maximum Gasteiger partial charge on any atom is 0.261 e. The normalized spacial score (nSPS) is 16.5. The number of phenolic OH excluding ortho intramolecular Hbond substituents is 2. The number of nitrogens with zero attached hydrogens (tertiary/aromatic N) is 3. The summed E-state index contributed by atoms with van der Waals surface area (Å²) < 4.78 is 1.74. The molecule has 1 saturated heterocycles. The largest absolute Gasteiger partial charge is 0.508 e. The minimum Gasteiger partial charge on any atom is -0.508 e. The predicted octanol–water partition coefficient (Wildman–Crippen LogP) is 4.87. The van der Waals surface area contributed by atoms with Crippen molar-refractivity contribution in [2.24, 2.45) is 5.92 Å². The Morgan fingerprint density at radius 1 is 1.00 bits per heavy atom. The van der Waals surface area contributed by atoms with Gasteiger partial charge in [-0.1, -0.05) is 30.3 Å². The van der Waals surface area contributed by atoms with Crippen molar-refractivity contribution >= 4 is 10.9 Å². The Labute approximate surface area is 198 Å². The van der Waals surface area contributed by atoms with E-state index in [9.17, 15) is 15.0 Å². The summed E-state index contributed by atoms with van der Waals surface area (Å²) in [6, 6.07) is 20.1. The van der Waals surface area contributed by atoms with Gasteiger partial charge in [0.2, 0.25) is 0 Å². The first-order valence-electron chi connectivity index (χ1n) is 11.8. The quantitative estimate of drug-likeness (QED) is 0.449. The fourth-order valence-corrected chi connectivity index (χ4v) is 4.83. The van der Waals surface area contributed by atoms with E-state index in [1.54, 1.807) is 34.9 Å². The first-order valence-corrected chi connectivity index (χ1v) is 11.8. The third-order valence-electron chi connectivity index (χ3n) is 6.79. The molecule has 1 aliphatic rings. The maximum absolute atomic E-state index is 13.9. The molecule has 174 valence electrons. The van der Waals surface area contributed by atoms with Crippen LogP contribution < -0.4 is 5.56 Å². The van der Waals surface area contributed by atoms with Gasteiger partial charge in [-0.25, -0.2) is 4.98 Å². The zero-order valence-corrected chi connectivity index (χ0v) is 19.5. The molecular formula is C28H29N3O3. The number of aromatic hydroxyl groups is 2. The fourth-order valence-electron chi connectivity index (χ4n) is 4.83. The molecule has 1 aromatic heterocycles. The lowest BCUT2D eigenvalue weighted by Crippen LogP contribution is -2.31. The molecule has 1 aliphatic heterocycles. The van der Waals surface area contributed by atoms with Crippen molar-refractivity contribution in [2.45, 2.75) is 32.9 Å². The van der Waals surface area contributed by atoms with E-state index in [4.69, 9.17) is 4.98 Å². The van der Waals surface area contributed by atoms with Crippen LogP contribution in [-0.4, -0.2) is 43.8 Å². The molecule has 2 N–H and O–H groups in total. The molecule has 0 amide bonds. The van der Waals surface area contributed by atoms with Gasteiger partial charge in [0.05, 0.1) is 16.5 Å². The maximum atomic E-state index is 13.9. The Morgan fingerprint density at radius 2 is 1.74 bits per heavy atom. The summed E-state index contributed by atoms with van der Waals surface area (Å²) in [5.74, 6) is 1.14. The summed E-state index contributed by atoms with van der Waals surface area (Å²) in [5.41, 5.74) is 2.85. The van der Waals surface area contributed by atoms with Gasteiger partial charge in [0.25, 0.3) is 5.56 Å². The summed E-state index contributed by atoms with van der Waals surface area (Å²) in [7, 11) is 0. The monoisotopic (exact) mass is 455 g/mol. The van der Waals surface area contributed by atoms with Gasteiger partial charge in [0.1, 0.15) is 17.3 Å². The lowest BCUT2D eigenvalue weighted by Gasteiger charge is -2.21. The molecule has 5 rings (SSSR count). The SMILES string of the molecule is CC(C)N1CCC(Cn2c(-c3ccccc3O)nc3ccc(-c4ccc(O)cc4)cc3c2=O)C1. The number of hydrogen-bond donors (Lipinski definition) is 2. The summed E-state index contributed by atoms with van der Waals surface area (Å²) in [4.78, 5) is 21.2. The van der Waals surface area contributed by atoms with Gasteiger partial charge in [-0.2, -0.15) is 0 Å². The molecule has 0 radical (unpaired) electrons. The standard InChI is InChI=1S/C28H29N3O3/c1-18(2)30-14-13-19(16-30)17-31-27(23-5-3-4-6-26(23)33)29-25-12-9-21(15-24(25)28(31)34)20-7-10-22(32)11-8-20/h3-12,15,18-19,32-33H,13-14,16-17H2,1-2H3. The average molecular weight is 456 g/mol. The second kappa shape index (κ2) is 8.95. The van der Waals surface area contributed by atoms with Crippen LogP contribution in [0.5, 0.6) is 11.5 Å². The first kappa shape index (κ1) is 22.2. The highest BCUT2D eigenvalue weighted by Gasteiger charge is 2.26. The van der Waals surface area contributed by atoms with Crippen LogP contribution >= 0.6 is 0 Å². The molecule has 0 aliphatic carbocycles. The molecule has 2 heterocycles. The van der Waals surface area contributed by atoms with Gasteiger partial charge in [-0.15, -0.1) is 0 Å². The lowest BCUT2D eigenvalue weighted by molar-refractivity contribution is 0.260. The van der Waals surface area contributed by atoms with E-state index in [-0.39, 0.29) is 17.1 Å². The molecule has 0 saturated carbocycles. The van der Waals surface area contributed by atoms with Crippen molar-refractivity contribution in [3.63, 3.8) is 0 Å². The summed E-state index contributed by atoms with van der Waals surface area (Å²) in [6.07, 6.45) is 1.02. The van der Waals surface area contributed by atoms with Gasteiger partial charge in [0, 0.05) is 19.1 Å². The summed E-state index contributed by atoms with van der Waals surface area (Å²) in [5, 5.41) is 20.7. The van der Waals surface area contributed by atoms with E-state index in [0.717, 1.165) is 30.6 Å². The molecule has 34 heavy (non-hydrogen) atoms. The highest BCUT2D eigenvalue weighted by atomic mass is 16.3. The first-order chi connectivity index (χ1) is 16.4. The molecule has 1 unspecified atom stereocenters. The van der Waals surface area contributed by atoms with Crippen molar-refractivity contribution in [3.05, 3.63) is 77.1 Å². The molecule has 3 aromatic carbocycles. The third kappa shape index (κ3) is 4.17. The molecule has 4 aromatic rings. The van der Waals surface area contributed by atoms with Crippen LogP contribution in [0.15, 0.2) is 71.5 Å². The number of fused-ring (bicyclic) bond motifs is 1. The molecule has 0 spiro atoms. The average Bonchev–Trinajstić information content (AvgIpc) is 3.31. The zero-order chi connectivity index (χ0) is 23.8. The van der Waals surface area contributed by atoms with Crippen LogP contribution in [0, 0.1) is 5.92 Å².